The predicted octanol–water partition coefficient (Wildman–Crippen LogP) is 3.21. The largest absolute Gasteiger partial charge is 0.373 e. The van der Waals surface area contributed by atoms with Gasteiger partial charge in [-0.3, -0.25) is 4.79 Å². The van der Waals surface area contributed by atoms with E-state index in [4.69, 9.17) is 0 Å². The van der Waals surface area contributed by atoms with Gasteiger partial charge in [-0.05, 0) is 50.7 Å². The maximum Gasteiger partial charge on any atom is 0.164 e. The van der Waals surface area contributed by atoms with Crippen LogP contribution in [0.4, 0.5) is 5.00 Å². The van der Waals surface area contributed by atoms with Crippen molar-refractivity contribution in [1.82, 2.24) is 4.37 Å². The van der Waals surface area contributed by atoms with E-state index >= 15 is 0 Å². The van der Waals surface area contributed by atoms with Crippen LogP contribution in [0.1, 0.15) is 36.3 Å². The number of carbonyl (C=O) groups is 1. The molecule has 5 heteroatoms. The minimum Gasteiger partial charge on any atom is -0.373 e. The van der Waals surface area contributed by atoms with Gasteiger partial charge >= 0.3 is 0 Å². The van der Waals surface area contributed by atoms with Crippen molar-refractivity contribution < 1.29 is 4.79 Å². The summed E-state index contributed by atoms with van der Waals surface area (Å²) in [5.41, 5.74) is 1.58. The number of nitrogens with zero attached hydrogens (tertiary/aromatic N) is 1. The summed E-state index contributed by atoms with van der Waals surface area (Å²) in [7, 11) is 0. The summed E-state index contributed by atoms with van der Waals surface area (Å²) in [5, 5.41) is 4.28. The third-order valence-electron chi connectivity index (χ3n) is 2.35. The summed E-state index contributed by atoms with van der Waals surface area (Å²) in [6.45, 7) is 5.61. The average Bonchev–Trinajstić information content (AvgIpc) is 2.56. The van der Waals surface area contributed by atoms with Crippen LogP contribution in [-0.4, -0.2) is 28.2 Å². The van der Waals surface area contributed by atoms with E-state index in [2.05, 4.69) is 22.9 Å². The smallest absolute Gasteiger partial charge is 0.164 e. The maximum absolute atomic E-state index is 11.5. The standard InChI is InChI=1S/C11H18N2OS2/c1-7(5-6-15-4)12-11-10(9(3)14)8(2)13-16-11/h7,12H,5-6H2,1-4H3. The van der Waals surface area contributed by atoms with Gasteiger partial charge in [-0.15, -0.1) is 0 Å². The van der Waals surface area contributed by atoms with E-state index in [1.54, 1.807) is 6.92 Å². The summed E-state index contributed by atoms with van der Waals surface area (Å²) >= 11 is 3.21. The van der Waals surface area contributed by atoms with Crippen molar-refractivity contribution in [1.29, 1.82) is 0 Å². The number of aromatic nitrogens is 1. The number of Topliss-reactive ketones (excluding diaryl/α,β-unsaturated/α-hetero) is 1. The Bertz CT molecular complexity index is 363. The normalized spacial score (nSPS) is 12.5. The number of aryl methyl sites for hydroxylation is 1. The van der Waals surface area contributed by atoms with E-state index < -0.39 is 0 Å². The molecule has 1 rings (SSSR count). The fourth-order valence-corrected chi connectivity index (χ4v) is 3.02. The lowest BCUT2D eigenvalue weighted by Crippen LogP contribution is -2.16. The van der Waals surface area contributed by atoms with E-state index in [9.17, 15) is 4.79 Å². The molecule has 0 aliphatic rings. The quantitative estimate of drug-likeness (QED) is 0.796. The highest BCUT2D eigenvalue weighted by Gasteiger charge is 2.15. The van der Waals surface area contributed by atoms with Crippen molar-refractivity contribution in [3.63, 3.8) is 0 Å². The maximum atomic E-state index is 11.5. The lowest BCUT2D eigenvalue weighted by atomic mass is 10.1. The van der Waals surface area contributed by atoms with Crippen molar-refractivity contribution in [2.45, 2.75) is 33.2 Å². The molecule has 1 aromatic rings. The van der Waals surface area contributed by atoms with Gasteiger partial charge in [0, 0.05) is 6.04 Å². The summed E-state index contributed by atoms with van der Waals surface area (Å²) in [4.78, 5) is 11.5. The lowest BCUT2D eigenvalue weighted by molar-refractivity contribution is 0.101. The molecular formula is C11H18N2OS2. The first-order valence-corrected chi connectivity index (χ1v) is 7.45. The molecular weight excluding hydrogens is 240 g/mol. The van der Waals surface area contributed by atoms with Crippen LogP contribution < -0.4 is 5.32 Å². The number of hydrogen-bond acceptors (Lipinski definition) is 5. The fraction of sp³-hybridized carbons (Fsp3) is 0.636. The van der Waals surface area contributed by atoms with Gasteiger partial charge in [0.2, 0.25) is 0 Å². The second kappa shape index (κ2) is 6.25. The lowest BCUT2D eigenvalue weighted by Gasteiger charge is -2.13. The van der Waals surface area contributed by atoms with Crippen LogP contribution in [0.5, 0.6) is 0 Å². The monoisotopic (exact) mass is 258 g/mol. The molecule has 0 aliphatic heterocycles. The van der Waals surface area contributed by atoms with Gasteiger partial charge < -0.3 is 5.32 Å². The van der Waals surface area contributed by atoms with Crippen LogP contribution in [0.25, 0.3) is 0 Å². The highest BCUT2D eigenvalue weighted by molar-refractivity contribution is 7.98. The number of thioether (sulfide) groups is 1. The number of rotatable bonds is 6. The summed E-state index contributed by atoms with van der Waals surface area (Å²) in [5.74, 6) is 1.22. The number of nitrogens with one attached hydrogen (secondary N) is 1. The number of anilines is 1. The third-order valence-corrected chi connectivity index (χ3v) is 3.86. The Morgan fingerprint density at radius 1 is 1.62 bits per heavy atom. The molecule has 0 aliphatic carbocycles. The molecule has 0 spiro atoms. The summed E-state index contributed by atoms with van der Waals surface area (Å²) < 4.78 is 4.22. The van der Waals surface area contributed by atoms with Gasteiger partial charge in [0.15, 0.2) is 5.78 Å². The molecule has 1 heterocycles. The highest BCUT2D eigenvalue weighted by atomic mass is 32.2. The van der Waals surface area contributed by atoms with Crippen LogP contribution >= 0.6 is 23.3 Å². The zero-order valence-corrected chi connectivity index (χ0v) is 11.8. The van der Waals surface area contributed by atoms with Gasteiger partial charge in [0.25, 0.3) is 0 Å². The molecule has 0 saturated carbocycles. The zero-order valence-electron chi connectivity index (χ0n) is 10.2. The molecule has 0 saturated heterocycles. The number of ketones is 1. The van der Waals surface area contributed by atoms with Crippen LogP contribution in [0.15, 0.2) is 0 Å². The second-order valence-electron chi connectivity index (χ2n) is 3.86. The Kier molecular flexibility index (Phi) is 5.28. The van der Waals surface area contributed by atoms with E-state index in [0.29, 0.717) is 6.04 Å². The molecule has 90 valence electrons. The minimum atomic E-state index is 0.0887. The first kappa shape index (κ1) is 13.5. The molecule has 0 bridgehead atoms. The van der Waals surface area contributed by atoms with Crippen LogP contribution in [0.3, 0.4) is 0 Å². The van der Waals surface area contributed by atoms with E-state index in [1.807, 2.05) is 18.7 Å². The first-order chi connectivity index (χ1) is 7.56. The third kappa shape index (κ3) is 3.49. The highest BCUT2D eigenvalue weighted by Crippen LogP contribution is 2.26. The van der Waals surface area contributed by atoms with E-state index in [-0.39, 0.29) is 5.78 Å². The molecule has 1 unspecified atom stereocenters. The molecule has 16 heavy (non-hydrogen) atoms. The van der Waals surface area contributed by atoms with Gasteiger partial charge in [-0.2, -0.15) is 16.1 Å². The topological polar surface area (TPSA) is 42.0 Å². The fourth-order valence-electron chi connectivity index (χ4n) is 1.47. The molecule has 0 amide bonds. The molecule has 0 aromatic carbocycles. The van der Waals surface area contributed by atoms with Crippen molar-refractivity contribution >= 4 is 34.1 Å². The summed E-state index contributed by atoms with van der Waals surface area (Å²) in [6.07, 6.45) is 3.19. The molecule has 3 nitrogen and oxygen atoms in total. The Hall–Kier alpha value is -0.550. The number of carbonyl (C=O) groups excluding carboxylic acids is 1. The van der Waals surface area contributed by atoms with Crippen molar-refractivity contribution in [2.24, 2.45) is 0 Å². The van der Waals surface area contributed by atoms with Crippen LogP contribution in [0.2, 0.25) is 0 Å². The SMILES string of the molecule is CSCCC(C)Nc1snc(C)c1C(C)=O. The minimum absolute atomic E-state index is 0.0887. The van der Waals surface area contributed by atoms with Crippen molar-refractivity contribution in [3.8, 4) is 0 Å². The summed E-state index contributed by atoms with van der Waals surface area (Å²) in [6, 6.07) is 0.380. The van der Waals surface area contributed by atoms with Crippen molar-refractivity contribution in [2.75, 3.05) is 17.3 Å². The molecule has 1 N–H and O–H groups in total. The van der Waals surface area contributed by atoms with Gasteiger partial charge in [0.05, 0.1) is 11.3 Å². The predicted molar refractivity (Wildman–Crippen MR) is 72.9 cm³/mol. The van der Waals surface area contributed by atoms with Crippen LogP contribution in [0, 0.1) is 6.92 Å². The van der Waals surface area contributed by atoms with Gasteiger partial charge in [0.1, 0.15) is 5.00 Å². The van der Waals surface area contributed by atoms with Crippen molar-refractivity contribution in [3.05, 3.63) is 11.3 Å². The van der Waals surface area contributed by atoms with E-state index in [1.165, 1.54) is 11.5 Å². The van der Waals surface area contributed by atoms with E-state index in [0.717, 1.165) is 28.4 Å². The van der Waals surface area contributed by atoms with Crippen LogP contribution in [-0.2, 0) is 0 Å². The van der Waals surface area contributed by atoms with Gasteiger partial charge in [-0.25, -0.2) is 0 Å². The molecule has 0 radical (unpaired) electrons. The molecule has 0 fully saturated rings. The number of hydrogen-bond donors (Lipinski definition) is 1. The van der Waals surface area contributed by atoms with Gasteiger partial charge in [-0.1, -0.05) is 0 Å². The molecule has 1 aromatic heterocycles. The average molecular weight is 258 g/mol. The Morgan fingerprint density at radius 2 is 2.31 bits per heavy atom. The Balaban J connectivity index is 2.70. The molecule has 1 atom stereocenters. The first-order valence-electron chi connectivity index (χ1n) is 5.29. The Morgan fingerprint density at radius 3 is 2.88 bits per heavy atom. The second-order valence-corrected chi connectivity index (χ2v) is 5.61. The zero-order chi connectivity index (χ0) is 12.1. The Labute approximate surface area is 105 Å².